The molecule has 0 bridgehead atoms. The average Bonchev–Trinajstić information content (AvgIpc) is 3.22. The smallest absolute Gasteiger partial charge is 0.335 e. The predicted octanol–water partition coefficient (Wildman–Crippen LogP) is 5.30. The fourth-order valence-corrected chi connectivity index (χ4v) is 5.98. The lowest BCUT2D eigenvalue weighted by atomic mass is 10.1. The zero-order valence-electron chi connectivity index (χ0n) is 16.5. The van der Waals surface area contributed by atoms with Gasteiger partial charge in [-0.1, -0.05) is 35.9 Å². The number of aromatic nitrogens is 2. The van der Waals surface area contributed by atoms with Crippen LogP contribution in [0.1, 0.15) is 22.1 Å². The first-order valence-corrected chi connectivity index (χ1v) is 11.9. The summed E-state index contributed by atoms with van der Waals surface area (Å²) in [5.41, 5.74) is 0.0112. The summed E-state index contributed by atoms with van der Waals surface area (Å²) in [4.78, 5) is 34.7. The van der Waals surface area contributed by atoms with E-state index < -0.39 is 17.1 Å². The molecule has 1 aliphatic rings. The van der Waals surface area contributed by atoms with Crippen LogP contribution in [0.4, 0.5) is 5.69 Å². The van der Waals surface area contributed by atoms with E-state index in [0.717, 1.165) is 14.3 Å². The molecule has 0 fully saturated rings. The molecule has 5 rings (SSSR count). The topological polar surface area (TPSA) is 87.5 Å². The standard InChI is InChI=1S/C23H16ClN3O3S2/c24-13-5-3-6-14(11-13)27-22(29)20(21(28)26-23(27)30)16-12-19(18-9-4-10-31-18)32-17-8-2-1-7-15(17)25-16/h1-11,19,29H,12H2,(H,26,28,30). The van der Waals surface area contributed by atoms with Crippen LogP contribution in [-0.4, -0.2) is 20.4 Å². The van der Waals surface area contributed by atoms with Gasteiger partial charge in [0.25, 0.3) is 5.56 Å². The summed E-state index contributed by atoms with van der Waals surface area (Å²) >= 11 is 9.38. The van der Waals surface area contributed by atoms with Crippen LogP contribution in [-0.2, 0) is 0 Å². The van der Waals surface area contributed by atoms with Gasteiger partial charge < -0.3 is 5.11 Å². The second-order valence-corrected chi connectivity index (χ2v) is 9.79. The minimum absolute atomic E-state index is 0.00254. The number of nitrogens with zero attached hydrogens (tertiary/aromatic N) is 2. The van der Waals surface area contributed by atoms with E-state index in [4.69, 9.17) is 16.6 Å². The van der Waals surface area contributed by atoms with Gasteiger partial charge in [-0.3, -0.25) is 14.8 Å². The first-order valence-electron chi connectivity index (χ1n) is 9.72. The highest BCUT2D eigenvalue weighted by molar-refractivity contribution is 7.99. The molecule has 1 aliphatic heterocycles. The SMILES string of the molecule is O=c1[nH]c(=O)n(-c2cccc(Cl)c2)c(O)c1C1=Nc2ccccc2SC(c2cccs2)C1. The number of H-pyrrole nitrogens is 1. The summed E-state index contributed by atoms with van der Waals surface area (Å²) in [7, 11) is 0. The van der Waals surface area contributed by atoms with Crippen molar-refractivity contribution in [2.24, 2.45) is 4.99 Å². The van der Waals surface area contributed by atoms with Crippen molar-refractivity contribution >= 4 is 46.1 Å². The molecule has 6 nitrogen and oxygen atoms in total. The molecular formula is C23H16ClN3O3S2. The quantitative estimate of drug-likeness (QED) is 0.415. The number of nitrogens with one attached hydrogen (secondary N) is 1. The molecular weight excluding hydrogens is 466 g/mol. The summed E-state index contributed by atoms with van der Waals surface area (Å²) in [6.45, 7) is 0. The van der Waals surface area contributed by atoms with Gasteiger partial charge in [-0.25, -0.2) is 9.36 Å². The Bertz CT molecular complexity index is 1460. The van der Waals surface area contributed by atoms with Gasteiger partial charge in [0.2, 0.25) is 5.88 Å². The highest BCUT2D eigenvalue weighted by atomic mass is 35.5. The van der Waals surface area contributed by atoms with Crippen molar-refractivity contribution < 1.29 is 5.11 Å². The molecule has 0 saturated carbocycles. The third kappa shape index (κ3) is 3.81. The molecule has 2 aromatic heterocycles. The number of thiophene rings is 1. The molecule has 2 aromatic carbocycles. The van der Waals surface area contributed by atoms with Crippen LogP contribution < -0.4 is 11.2 Å². The number of rotatable bonds is 3. The third-order valence-electron chi connectivity index (χ3n) is 5.07. The van der Waals surface area contributed by atoms with Gasteiger partial charge >= 0.3 is 5.69 Å². The molecule has 9 heteroatoms. The Labute approximate surface area is 195 Å². The number of fused-ring (bicyclic) bond motifs is 1. The first-order chi connectivity index (χ1) is 15.5. The first kappa shape index (κ1) is 20.8. The molecule has 32 heavy (non-hydrogen) atoms. The van der Waals surface area contributed by atoms with Crippen LogP contribution in [0.3, 0.4) is 0 Å². The van der Waals surface area contributed by atoms with Gasteiger partial charge in [0.1, 0.15) is 5.56 Å². The highest BCUT2D eigenvalue weighted by Gasteiger charge is 2.28. The van der Waals surface area contributed by atoms with Crippen LogP contribution in [0.2, 0.25) is 5.02 Å². The van der Waals surface area contributed by atoms with Gasteiger partial charge in [0.05, 0.1) is 17.1 Å². The average molecular weight is 482 g/mol. The van der Waals surface area contributed by atoms with Crippen LogP contribution in [0, 0.1) is 0 Å². The third-order valence-corrected chi connectivity index (χ3v) is 7.74. The summed E-state index contributed by atoms with van der Waals surface area (Å²) in [5, 5.41) is 13.5. The maximum Gasteiger partial charge on any atom is 0.335 e. The van der Waals surface area contributed by atoms with Crippen molar-refractivity contribution in [1.29, 1.82) is 0 Å². The van der Waals surface area contributed by atoms with Crippen molar-refractivity contribution in [2.45, 2.75) is 16.6 Å². The van der Waals surface area contributed by atoms with E-state index in [1.54, 1.807) is 47.4 Å². The molecule has 0 spiro atoms. The van der Waals surface area contributed by atoms with Gasteiger partial charge in [-0.05, 0) is 41.8 Å². The fourth-order valence-electron chi connectivity index (χ4n) is 3.64. The van der Waals surface area contributed by atoms with Crippen LogP contribution in [0.25, 0.3) is 5.69 Å². The molecule has 160 valence electrons. The molecule has 0 aliphatic carbocycles. The number of halogens is 1. The molecule has 0 saturated heterocycles. The van der Waals surface area contributed by atoms with Crippen molar-refractivity contribution in [2.75, 3.05) is 0 Å². The van der Waals surface area contributed by atoms with E-state index in [-0.39, 0.29) is 10.8 Å². The Hall–Kier alpha value is -3.07. The summed E-state index contributed by atoms with van der Waals surface area (Å²) in [6, 6.07) is 18.2. The maximum atomic E-state index is 12.9. The molecule has 1 atom stereocenters. The number of hydrogen-bond acceptors (Lipinski definition) is 6. The van der Waals surface area contributed by atoms with E-state index in [0.29, 0.717) is 28.5 Å². The molecule has 4 aromatic rings. The number of benzene rings is 2. The predicted molar refractivity (Wildman–Crippen MR) is 130 cm³/mol. The highest BCUT2D eigenvalue weighted by Crippen LogP contribution is 2.46. The lowest BCUT2D eigenvalue weighted by Gasteiger charge is -2.16. The van der Waals surface area contributed by atoms with Crippen molar-refractivity contribution in [1.82, 2.24) is 9.55 Å². The minimum Gasteiger partial charge on any atom is -0.493 e. The molecule has 3 heterocycles. The molecule has 0 radical (unpaired) electrons. The van der Waals surface area contributed by atoms with Crippen molar-refractivity contribution in [3.8, 4) is 11.6 Å². The number of aliphatic imine (C=N–C) groups is 1. The molecule has 2 N–H and O–H groups in total. The second kappa shape index (κ2) is 8.46. The summed E-state index contributed by atoms with van der Waals surface area (Å²) < 4.78 is 1.04. The molecule has 0 amide bonds. The lowest BCUT2D eigenvalue weighted by Crippen LogP contribution is -2.33. The number of hydrogen-bond donors (Lipinski definition) is 2. The zero-order valence-corrected chi connectivity index (χ0v) is 18.9. The zero-order chi connectivity index (χ0) is 22.2. The van der Waals surface area contributed by atoms with Crippen LogP contribution >= 0.6 is 34.7 Å². The Morgan fingerprint density at radius 2 is 1.94 bits per heavy atom. The largest absolute Gasteiger partial charge is 0.493 e. The van der Waals surface area contributed by atoms with Gasteiger partial charge in [0.15, 0.2) is 0 Å². The van der Waals surface area contributed by atoms with Crippen LogP contribution in [0.15, 0.2) is 85.5 Å². The van der Waals surface area contributed by atoms with Crippen LogP contribution in [0.5, 0.6) is 5.88 Å². The Kier molecular flexibility index (Phi) is 5.50. The Morgan fingerprint density at radius 3 is 2.72 bits per heavy atom. The Balaban J connectivity index is 1.73. The van der Waals surface area contributed by atoms with Crippen molar-refractivity contribution in [3.63, 3.8) is 0 Å². The summed E-state index contributed by atoms with van der Waals surface area (Å²) in [5.74, 6) is -0.464. The maximum absolute atomic E-state index is 12.9. The Morgan fingerprint density at radius 1 is 1.09 bits per heavy atom. The van der Waals surface area contributed by atoms with Gasteiger partial charge in [0, 0.05) is 26.5 Å². The van der Waals surface area contributed by atoms with E-state index in [1.807, 2.05) is 41.8 Å². The normalized spacial score (nSPS) is 15.7. The van der Waals surface area contributed by atoms with E-state index in [2.05, 4.69) is 4.98 Å². The molecule has 1 unspecified atom stereocenters. The summed E-state index contributed by atoms with van der Waals surface area (Å²) in [6.07, 6.45) is 0.407. The van der Waals surface area contributed by atoms with Gasteiger partial charge in [-0.2, -0.15) is 0 Å². The monoisotopic (exact) mass is 481 g/mol. The number of para-hydroxylation sites is 1. The fraction of sp³-hybridized carbons (Fsp3) is 0.0870. The van der Waals surface area contributed by atoms with E-state index in [9.17, 15) is 14.7 Å². The lowest BCUT2D eigenvalue weighted by molar-refractivity contribution is 0.429. The van der Waals surface area contributed by atoms with E-state index >= 15 is 0 Å². The number of aromatic hydroxyl groups is 1. The van der Waals surface area contributed by atoms with E-state index in [1.165, 1.54) is 0 Å². The second-order valence-electron chi connectivity index (χ2n) is 7.13. The van der Waals surface area contributed by atoms with Crippen molar-refractivity contribution in [3.05, 3.63) is 102 Å². The van der Waals surface area contributed by atoms with Gasteiger partial charge in [-0.15, -0.1) is 23.1 Å². The minimum atomic E-state index is -0.752. The number of thioether (sulfide) groups is 1. The number of aromatic amines is 1.